The van der Waals surface area contributed by atoms with Crippen LogP contribution < -0.4 is 5.32 Å². The molecule has 2 rings (SSSR count). The lowest BCUT2D eigenvalue weighted by Crippen LogP contribution is -2.17. The lowest BCUT2D eigenvalue weighted by Gasteiger charge is -2.16. The number of anilines is 1. The van der Waals surface area contributed by atoms with Crippen molar-refractivity contribution in [2.75, 3.05) is 5.32 Å². The standard InChI is InChI=1S/C15H14Br2ClN/c1-10(8-11-2-4-12(16)5-3-11)19-13-6-7-14(17)15(18)9-13/h2-7,9-10,19H,8H2,1H3. The van der Waals surface area contributed by atoms with Gasteiger partial charge in [0.25, 0.3) is 0 Å². The number of nitrogens with one attached hydrogen (secondary N) is 1. The molecule has 1 unspecified atom stereocenters. The highest BCUT2D eigenvalue weighted by atomic mass is 79.9. The summed E-state index contributed by atoms with van der Waals surface area (Å²) >= 11 is 12.9. The molecule has 0 heterocycles. The van der Waals surface area contributed by atoms with Crippen molar-refractivity contribution in [2.45, 2.75) is 19.4 Å². The molecule has 0 saturated heterocycles. The van der Waals surface area contributed by atoms with Gasteiger partial charge in [0.1, 0.15) is 0 Å². The average Bonchev–Trinajstić information content (AvgIpc) is 2.37. The lowest BCUT2D eigenvalue weighted by atomic mass is 10.1. The van der Waals surface area contributed by atoms with E-state index in [0.29, 0.717) is 6.04 Å². The smallest absolute Gasteiger partial charge is 0.0568 e. The van der Waals surface area contributed by atoms with Crippen molar-refractivity contribution in [3.63, 3.8) is 0 Å². The second kappa shape index (κ2) is 6.78. The zero-order chi connectivity index (χ0) is 13.8. The van der Waals surface area contributed by atoms with E-state index >= 15 is 0 Å². The summed E-state index contributed by atoms with van der Waals surface area (Å²) in [5.74, 6) is 0. The monoisotopic (exact) mass is 401 g/mol. The third-order valence-electron chi connectivity index (χ3n) is 2.79. The zero-order valence-corrected chi connectivity index (χ0v) is 14.4. The summed E-state index contributed by atoms with van der Waals surface area (Å²) in [6.07, 6.45) is 0.973. The molecule has 0 spiro atoms. The largest absolute Gasteiger partial charge is 0.382 e. The minimum absolute atomic E-state index is 0.346. The normalized spacial score (nSPS) is 12.2. The molecule has 0 bridgehead atoms. The minimum Gasteiger partial charge on any atom is -0.382 e. The first-order valence-corrected chi connectivity index (χ1v) is 7.97. The molecular formula is C15H14Br2ClN. The van der Waals surface area contributed by atoms with Gasteiger partial charge in [-0.25, -0.2) is 0 Å². The molecule has 2 aromatic carbocycles. The van der Waals surface area contributed by atoms with Crippen molar-refractivity contribution in [3.05, 3.63) is 62.0 Å². The second-order valence-electron chi connectivity index (χ2n) is 4.50. The van der Waals surface area contributed by atoms with Gasteiger partial charge in [-0.15, -0.1) is 0 Å². The number of halogens is 3. The predicted octanol–water partition coefficient (Wildman–Crippen LogP) is 5.91. The fraction of sp³-hybridized carbons (Fsp3) is 0.200. The summed E-state index contributed by atoms with van der Waals surface area (Å²) < 4.78 is 2.02. The highest BCUT2D eigenvalue weighted by Gasteiger charge is 2.05. The Morgan fingerprint density at radius 2 is 1.79 bits per heavy atom. The molecule has 1 nitrogen and oxygen atoms in total. The Bertz CT molecular complexity index is 555. The molecule has 2 aromatic rings. The van der Waals surface area contributed by atoms with E-state index in [4.69, 9.17) is 11.6 Å². The Labute approximate surface area is 135 Å². The fourth-order valence-corrected chi connectivity index (χ4v) is 2.59. The maximum Gasteiger partial charge on any atom is 0.0568 e. The van der Waals surface area contributed by atoms with Gasteiger partial charge in [-0.05, 0) is 65.2 Å². The van der Waals surface area contributed by atoms with E-state index in [1.165, 1.54) is 5.56 Å². The van der Waals surface area contributed by atoms with Gasteiger partial charge in [0.2, 0.25) is 0 Å². The first-order chi connectivity index (χ1) is 9.04. The minimum atomic E-state index is 0.346. The first-order valence-electron chi connectivity index (χ1n) is 6.00. The van der Waals surface area contributed by atoms with Crippen LogP contribution in [0.3, 0.4) is 0 Å². The maximum absolute atomic E-state index is 6.08. The van der Waals surface area contributed by atoms with Crippen molar-refractivity contribution in [1.29, 1.82) is 0 Å². The van der Waals surface area contributed by atoms with Crippen molar-refractivity contribution in [3.8, 4) is 0 Å². The molecule has 0 radical (unpaired) electrons. The maximum atomic E-state index is 6.08. The Morgan fingerprint density at radius 1 is 1.11 bits per heavy atom. The van der Waals surface area contributed by atoms with Gasteiger partial charge in [0.15, 0.2) is 0 Å². The van der Waals surface area contributed by atoms with Gasteiger partial charge < -0.3 is 5.32 Å². The summed E-state index contributed by atoms with van der Waals surface area (Å²) in [5, 5.41) is 4.18. The van der Waals surface area contributed by atoms with Crippen LogP contribution in [0.25, 0.3) is 0 Å². The summed E-state index contributed by atoms with van der Waals surface area (Å²) in [6, 6.07) is 14.7. The van der Waals surface area contributed by atoms with Gasteiger partial charge in [0, 0.05) is 20.7 Å². The highest BCUT2D eigenvalue weighted by Crippen LogP contribution is 2.26. The van der Waals surface area contributed by atoms with Crippen LogP contribution >= 0.6 is 43.5 Å². The SMILES string of the molecule is CC(Cc1ccc(Br)cc1)Nc1ccc(Br)c(Cl)c1. The highest BCUT2D eigenvalue weighted by molar-refractivity contribution is 9.10. The summed E-state index contributed by atoms with van der Waals surface area (Å²) in [7, 11) is 0. The molecule has 0 aliphatic carbocycles. The van der Waals surface area contributed by atoms with E-state index in [0.717, 1.165) is 26.1 Å². The van der Waals surface area contributed by atoms with Crippen LogP contribution in [0.5, 0.6) is 0 Å². The molecule has 100 valence electrons. The van der Waals surface area contributed by atoms with Crippen LogP contribution in [0.1, 0.15) is 12.5 Å². The predicted molar refractivity (Wildman–Crippen MR) is 90.1 cm³/mol. The third-order valence-corrected chi connectivity index (χ3v) is 4.55. The quantitative estimate of drug-likeness (QED) is 0.669. The zero-order valence-electron chi connectivity index (χ0n) is 10.5. The molecule has 0 fully saturated rings. The van der Waals surface area contributed by atoms with E-state index in [1.807, 2.05) is 18.2 Å². The molecule has 0 aliphatic rings. The fourth-order valence-electron chi connectivity index (χ4n) is 1.90. The first kappa shape index (κ1) is 14.9. The Morgan fingerprint density at radius 3 is 2.42 bits per heavy atom. The Kier molecular flexibility index (Phi) is 5.31. The molecule has 1 N–H and O–H groups in total. The van der Waals surface area contributed by atoms with E-state index in [2.05, 4.69) is 68.4 Å². The molecule has 0 aliphatic heterocycles. The van der Waals surface area contributed by atoms with E-state index in [1.54, 1.807) is 0 Å². The van der Waals surface area contributed by atoms with E-state index < -0.39 is 0 Å². The number of rotatable bonds is 4. The van der Waals surface area contributed by atoms with Crippen molar-refractivity contribution >= 4 is 49.1 Å². The topological polar surface area (TPSA) is 12.0 Å². The second-order valence-corrected chi connectivity index (χ2v) is 6.68. The Hall–Kier alpha value is -0.510. The molecule has 1 atom stereocenters. The third kappa shape index (κ3) is 4.51. The molecule has 0 saturated carbocycles. The van der Waals surface area contributed by atoms with Crippen LogP contribution in [-0.4, -0.2) is 6.04 Å². The van der Waals surface area contributed by atoms with Gasteiger partial charge in [0.05, 0.1) is 5.02 Å². The van der Waals surface area contributed by atoms with Crippen LogP contribution in [0.2, 0.25) is 5.02 Å². The van der Waals surface area contributed by atoms with Gasteiger partial charge in [-0.3, -0.25) is 0 Å². The lowest BCUT2D eigenvalue weighted by molar-refractivity contribution is 0.790. The molecule has 0 aromatic heterocycles. The van der Waals surface area contributed by atoms with Crippen molar-refractivity contribution in [2.24, 2.45) is 0 Å². The summed E-state index contributed by atoms with van der Waals surface area (Å²) in [6.45, 7) is 2.16. The molecular weight excluding hydrogens is 389 g/mol. The van der Waals surface area contributed by atoms with Crippen molar-refractivity contribution < 1.29 is 0 Å². The Balaban J connectivity index is 1.98. The summed E-state index contributed by atoms with van der Waals surface area (Å²) in [5.41, 5.74) is 2.35. The average molecular weight is 404 g/mol. The number of hydrogen-bond acceptors (Lipinski definition) is 1. The van der Waals surface area contributed by atoms with Gasteiger partial charge in [-0.2, -0.15) is 0 Å². The van der Waals surface area contributed by atoms with Crippen LogP contribution in [-0.2, 0) is 6.42 Å². The number of hydrogen-bond donors (Lipinski definition) is 1. The molecule has 19 heavy (non-hydrogen) atoms. The molecule has 4 heteroatoms. The van der Waals surface area contributed by atoms with Gasteiger partial charge >= 0.3 is 0 Å². The van der Waals surface area contributed by atoms with Gasteiger partial charge in [-0.1, -0.05) is 39.7 Å². The van der Waals surface area contributed by atoms with Crippen LogP contribution in [0.15, 0.2) is 51.4 Å². The number of benzene rings is 2. The van der Waals surface area contributed by atoms with E-state index in [-0.39, 0.29) is 0 Å². The van der Waals surface area contributed by atoms with Crippen LogP contribution in [0, 0.1) is 0 Å². The summed E-state index contributed by atoms with van der Waals surface area (Å²) in [4.78, 5) is 0. The molecule has 0 amide bonds. The van der Waals surface area contributed by atoms with Crippen LogP contribution in [0.4, 0.5) is 5.69 Å². The van der Waals surface area contributed by atoms with Crippen molar-refractivity contribution in [1.82, 2.24) is 0 Å². The van der Waals surface area contributed by atoms with E-state index in [9.17, 15) is 0 Å².